The fourth-order valence-electron chi connectivity index (χ4n) is 0.176. The van der Waals surface area contributed by atoms with Crippen LogP contribution in [0.3, 0.4) is 0 Å². The number of hydrogen-bond donors (Lipinski definition) is 0. The molecule has 0 N–H and O–H groups in total. The molecule has 0 fully saturated rings. The number of allylic oxidation sites excluding steroid dienone is 2. The predicted molar refractivity (Wildman–Crippen MR) is 37.4 cm³/mol. The fraction of sp³-hybridized carbons (Fsp3) is 0. The molecule has 0 spiro atoms. The van der Waals surface area contributed by atoms with Gasteiger partial charge < -0.3 is 0 Å². The smallest absolute Gasteiger partial charge is 0.183 e. The van der Waals surface area contributed by atoms with Gasteiger partial charge in [-0.3, -0.25) is 0 Å². The lowest BCUT2D eigenvalue weighted by molar-refractivity contribution is 0.804. The summed E-state index contributed by atoms with van der Waals surface area (Å²) in [6.45, 7) is 6.45. The molecule has 3 heteroatoms. The zero-order chi connectivity index (χ0) is 7.11. The Morgan fingerprint density at radius 1 is 1.44 bits per heavy atom. The van der Waals surface area contributed by atoms with E-state index >= 15 is 0 Å². The maximum atomic E-state index is 11.9. The molecular formula is C6H7FN2. The van der Waals surface area contributed by atoms with Crippen molar-refractivity contribution in [2.75, 3.05) is 0 Å². The van der Waals surface area contributed by atoms with Crippen molar-refractivity contribution in [3.63, 3.8) is 0 Å². The lowest BCUT2D eigenvalue weighted by atomic mass is 10.7. The van der Waals surface area contributed by atoms with Gasteiger partial charge in [-0.1, -0.05) is 13.2 Å². The lowest BCUT2D eigenvalue weighted by Crippen LogP contribution is -1.76. The van der Waals surface area contributed by atoms with Gasteiger partial charge in [-0.25, -0.2) is 0 Å². The predicted octanol–water partition coefficient (Wildman–Crippen LogP) is 1.71. The van der Waals surface area contributed by atoms with E-state index in [4.69, 9.17) is 0 Å². The Labute approximate surface area is 53.1 Å². The summed E-state index contributed by atoms with van der Waals surface area (Å²) in [6, 6.07) is 0. The van der Waals surface area contributed by atoms with Gasteiger partial charge in [0.25, 0.3) is 0 Å². The van der Waals surface area contributed by atoms with Crippen LogP contribution in [0.2, 0.25) is 0 Å². The van der Waals surface area contributed by atoms with Crippen molar-refractivity contribution in [3.05, 3.63) is 25.3 Å². The van der Waals surface area contributed by atoms with Crippen molar-refractivity contribution in [2.24, 2.45) is 10.2 Å². The topological polar surface area (TPSA) is 24.7 Å². The molecule has 0 saturated heterocycles. The average Bonchev–Trinajstić information content (AvgIpc) is 1.89. The maximum Gasteiger partial charge on any atom is 0.232 e. The van der Waals surface area contributed by atoms with Gasteiger partial charge in [0, 0.05) is 6.21 Å². The molecule has 0 atom stereocenters. The molecule has 0 radical (unpaired) electrons. The SMILES string of the molecule is C=C/C=N\N=C(\F)C=C. The molecule has 0 saturated carbocycles. The summed E-state index contributed by atoms with van der Waals surface area (Å²) in [5, 5.41) is 6.32. The molecule has 48 valence electrons. The molecule has 0 aliphatic carbocycles. The third-order valence-corrected chi connectivity index (χ3v) is 0.494. The molecule has 9 heavy (non-hydrogen) atoms. The van der Waals surface area contributed by atoms with Crippen molar-refractivity contribution in [1.29, 1.82) is 0 Å². The van der Waals surface area contributed by atoms with E-state index in [9.17, 15) is 4.39 Å². The van der Waals surface area contributed by atoms with Crippen LogP contribution in [-0.2, 0) is 0 Å². The maximum absolute atomic E-state index is 11.9. The van der Waals surface area contributed by atoms with Crippen molar-refractivity contribution in [2.45, 2.75) is 0 Å². The first kappa shape index (κ1) is 7.75. The standard InChI is InChI=1S/C6H7FN2/c1-3-5-8-9-6(7)4-2/h3-5H,1-2H2/b8-5-,9-6+. The van der Waals surface area contributed by atoms with E-state index in [0.29, 0.717) is 0 Å². The Hall–Kier alpha value is -1.25. The van der Waals surface area contributed by atoms with E-state index < -0.39 is 5.97 Å². The Morgan fingerprint density at radius 2 is 2.11 bits per heavy atom. The molecular weight excluding hydrogens is 119 g/mol. The van der Waals surface area contributed by atoms with E-state index in [1.165, 1.54) is 12.3 Å². The Morgan fingerprint density at radius 3 is 2.56 bits per heavy atom. The summed E-state index contributed by atoms with van der Waals surface area (Å²) in [5.74, 6) is -0.701. The lowest BCUT2D eigenvalue weighted by Gasteiger charge is -1.75. The summed E-state index contributed by atoms with van der Waals surface area (Å²) < 4.78 is 11.9. The summed E-state index contributed by atoms with van der Waals surface area (Å²) in [4.78, 5) is 0. The van der Waals surface area contributed by atoms with Gasteiger partial charge in [-0.15, -0.1) is 5.10 Å². The van der Waals surface area contributed by atoms with Crippen LogP contribution >= 0.6 is 0 Å². The van der Waals surface area contributed by atoms with Crippen molar-refractivity contribution >= 4 is 12.2 Å². The average molecular weight is 126 g/mol. The highest BCUT2D eigenvalue weighted by atomic mass is 19.1. The number of rotatable bonds is 3. The molecule has 0 aromatic rings. The minimum absolute atomic E-state index is 0.701. The van der Waals surface area contributed by atoms with E-state index in [1.807, 2.05) is 0 Å². The quantitative estimate of drug-likeness (QED) is 0.406. The van der Waals surface area contributed by atoms with Crippen LogP contribution in [0.15, 0.2) is 35.5 Å². The summed E-state index contributed by atoms with van der Waals surface area (Å²) in [5.41, 5.74) is 0. The van der Waals surface area contributed by atoms with Gasteiger partial charge in [-0.2, -0.15) is 9.49 Å². The second-order valence-corrected chi connectivity index (χ2v) is 1.13. The molecule has 0 amide bonds. The first-order valence-corrected chi connectivity index (χ1v) is 2.31. The second-order valence-electron chi connectivity index (χ2n) is 1.13. The van der Waals surface area contributed by atoms with Gasteiger partial charge in [0.2, 0.25) is 5.97 Å². The van der Waals surface area contributed by atoms with E-state index in [1.54, 1.807) is 0 Å². The van der Waals surface area contributed by atoms with Gasteiger partial charge in [0.1, 0.15) is 0 Å². The summed E-state index contributed by atoms with van der Waals surface area (Å²) in [7, 11) is 0. The third-order valence-electron chi connectivity index (χ3n) is 0.494. The van der Waals surface area contributed by atoms with E-state index in [2.05, 4.69) is 23.4 Å². The van der Waals surface area contributed by atoms with Crippen LogP contribution in [0.4, 0.5) is 4.39 Å². The number of halogens is 1. The normalized spacial score (nSPS) is 11.9. The number of hydrogen-bond acceptors (Lipinski definition) is 2. The highest BCUT2D eigenvalue weighted by molar-refractivity contribution is 5.86. The zero-order valence-electron chi connectivity index (χ0n) is 4.92. The molecule has 0 aliphatic heterocycles. The van der Waals surface area contributed by atoms with Gasteiger partial charge >= 0.3 is 0 Å². The monoisotopic (exact) mass is 126 g/mol. The molecule has 0 bridgehead atoms. The Bertz CT molecular complexity index is 158. The largest absolute Gasteiger partial charge is 0.232 e. The van der Waals surface area contributed by atoms with E-state index in [-0.39, 0.29) is 0 Å². The van der Waals surface area contributed by atoms with Crippen LogP contribution < -0.4 is 0 Å². The first-order chi connectivity index (χ1) is 4.31. The molecule has 0 aromatic carbocycles. The summed E-state index contributed by atoms with van der Waals surface area (Å²) in [6.07, 6.45) is 3.66. The van der Waals surface area contributed by atoms with Crippen LogP contribution in [-0.4, -0.2) is 12.2 Å². The van der Waals surface area contributed by atoms with Crippen LogP contribution in [0.1, 0.15) is 0 Å². The van der Waals surface area contributed by atoms with Gasteiger partial charge in [0.05, 0.1) is 0 Å². The molecule has 0 aliphatic rings. The Kier molecular flexibility index (Phi) is 4.22. The van der Waals surface area contributed by atoms with Crippen LogP contribution in [0, 0.1) is 0 Å². The van der Waals surface area contributed by atoms with Crippen LogP contribution in [0.25, 0.3) is 0 Å². The minimum Gasteiger partial charge on any atom is -0.183 e. The minimum atomic E-state index is -0.701. The summed E-state index contributed by atoms with van der Waals surface area (Å²) >= 11 is 0. The first-order valence-electron chi connectivity index (χ1n) is 2.31. The zero-order valence-corrected chi connectivity index (χ0v) is 4.92. The van der Waals surface area contributed by atoms with Gasteiger partial charge in [0.15, 0.2) is 0 Å². The molecule has 0 heterocycles. The molecule has 0 aromatic heterocycles. The second kappa shape index (κ2) is 4.90. The highest BCUT2D eigenvalue weighted by Gasteiger charge is 1.79. The Balaban J connectivity index is 3.81. The van der Waals surface area contributed by atoms with E-state index in [0.717, 1.165) is 6.08 Å². The number of nitrogens with zero attached hydrogens (tertiary/aromatic N) is 2. The highest BCUT2D eigenvalue weighted by Crippen LogP contribution is 1.81. The molecule has 0 unspecified atom stereocenters. The fourth-order valence-corrected chi connectivity index (χ4v) is 0.176. The van der Waals surface area contributed by atoms with Crippen molar-refractivity contribution < 1.29 is 4.39 Å². The van der Waals surface area contributed by atoms with Crippen molar-refractivity contribution in [1.82, 2.24) is 0 Å². The van der Waals surface area contributed by atoms with Crippen LogP contribution in [0.5, 0.6) is 0 Å². The van der Waals surface area contributed by atoms with Crippen molar-refractivity contribution in [3.8, 4) is 0 Å². The molecule has 0 rings (SSSR count). The molecule has 2 nitrogen and oxygen atoms in total. The van der Waals surface area contributed by atoms with Gasteiger partial charge in [-0.05, 0) is 12.2 Å². The third kappa shape index (κ3) is 4.61.